The third-order valence-electron chi connectivity index (χ3n) is 6.45. The van der Waals surface area contributed by atoms with Crippen LogP contribution in [0.3, 0.4) is 0 Å². The molecule has 0 saturated heterocycles. The third-order valence-corrected chi connectivity index (χ3v) is 8.95. The summed E-state index contributed by atoms with van der Waals surface area (Å²) in [4.78, 5) is 0. The van der Waals surface area contributed by atoms with Crippen LogP contribution in [-0.2, 0) is 25.7 Å². The van der Waals surface area contributed by atoms with Gasteiger partial charge >= 0.3 is 0 Å². The van der Waals surface area contributed by atoms with E-state index in [0.717, 1.165) is 58.8 Å². The van der Waals surface area contributed by atoms with Crippen molar-refractivity contribution in [2.45, 2.75) is 25.7 Å². The highest BCUT2D eigenvalue weighted by Gasteiger charge is 2.20. The summed E-state index contributed by atoms with van der Waals surface area (Å²) in [6, 6.07) is 15.4. The van der Waals surface area contributed by atoms with Crippen LogP contribution in [0.4, 0.5) is 0 Å². The van der Waals surface area contributed by atoms with Crippen LogP contribution in [-0.4, -0.2) is 20.4 Å². The lowest BCUT2D eigenvalue weighted by Crippen LogP contribution is -2.02. The molecule has 0 atom stereocenters. The van der Waals surface area contributed by atoms with E-state index in [-0.39, 0.29) is 23.0 Å². The normalized spacial score (nSPS) is 13.0. The SMILES string of the molecule is Oc1c2cc(I)cc1Cc1cc(I)cc(c1O)Cc1cc(I)cc(c1O)Cc1cc(I)cc(c1O)C2. The molecule has 0 radical (unpaired) electrons. The fourth-order valence-electron chi connectivity index (χ4n) is 4.77. The number of fused-ring (bicyclic) bond motifs is 8. The highest BCUT2D eigenvalue weighted by molar-refractivity contribution is 14.1. The van der Waals surface area contributed by atoms with Crippen LogP contribution in [0, 0.1) is 14.3 Å². The second kappa shape index (κ2) is 10.6. The Morgan fingerprint density at radius 1 is 0.333 bits per heavy atom. The van der Waals surface area contributed by atoms with Crippen molar-refractivity contribution in [1.82, 2.24) is 0 Å². The Labute approximate surface area is 263 Å². The molecule has 0 heterocycles. The van der Waals surface area contributed by atoms with Gasteiger partial charge in [-0.1, -0.05) is 0 Å². The number of benzene rings is 4. The van der Waals surface area contributed by atoms with E-state index in [2.05, 4.69) is 90.4 Å². The van der Waals surface area contributed by atoms with Crippen LogP contribution in [0.2, 0.25) is 0 Å². The average molecular weight is 928 g/mol. The molecular formula is C28H20I4O4. The second-order valence-corrected chi connectivity index (χ2v) is 14.0. The molecule has 1 aliphatic rings. The van der Waals surface area contributed by atoms with Crippen molar-refractivity contribution in [1.29, 1.82) is 0 Å². The molecule has 4 N–H and O–H groups in total. The van der Waals surface area contributed by atoms with E-state index in [1.807, 2.05) is 48.5 Å². The van der Waals surface area contributed by atoms with Gasteiger partial charge < -0.3 is 20.4 Å². The van der Waals surface area contributed by atoms with Crippen molar-refractivity contribution >= 4 is 90.4 Å². The van der Waals surface area contributed by atoms with E-state index in [0.29, 0.717) is 25.7 Å². The van der Waals surface area contributed by atoms with Gasteiger partial charge in [0.25, 0.3) is 0 Å². The van der Waals surface area contributed by atoms with Gasteiger partial charge in [0.05, 0.1) is 0 Å². The average Bonchev–Trinajstić information content (AvgIpc) is 2.80. The number of aromatic hydroxyl groups is 4. The van der Waals surface area contributed by atoms with Crippen molar-refractivity contribution in [3.05, 3.63) is 107 Å². The van der Waals surface area contributed by atoms with Crippen molar-refractivity contribution in [2.24, 2.45) is 0 Å². The fourth-order valence-corrected chi connectivity index (χ4v) is 7.78. The maximum Gasteiger partial charge on any atom is 0.122 e. The van der Waals surface area contributed by atoms with E-state index in [9.17, 15) is 20.4 Å². The predicted molar refractivity (Wildman–Crippen MR) is 175 cm³/mol. The smallest absolute Gasteiger partial charge is 0.122 e. The molecule has 0 saturated carbocycles. The molecule has 5 rings (SSSR count). The molecule has 36 heavy (non-hydrogen) atoms. The minimum atomic E-state index is 0.180. The molecule has 184 valence electrons. The van der Waals surface area contributed by atoms with Crippen LogP contribution < -0.4 is 0 Å². The molecule has 8 bridgehead atoms. The summed E-state index contributed by atoms with van der Waals surface area (Å²) in [6.07, 6.45) is 1.44. The summed E-state index contributed by atoms with van der Waals surface area (Å²) < 4.78 is 3.90. The molecule has 0 amide bonds. The zero-order valence-electron chi connectivity index (χ0n) is 18.7. The summed E-state index contributed by atoms with van der Waals surface area (Å²) in [6.45, 7) is 0. The van der Waals surface area contributed by atoms with E-state index >= 15 is 0 Å². The zero-order valence-corrected chi connectivity index (χ0v) is 27.4. The van der Waals surface area contributed by atoms with Crippen LogP contribution in [0.1, 0.15) is 44.5 Å². The molecule has 4 aromatic rings. The maximum absolute atomic E-state index is 11.2. The Morgan fingerprint density at radius 3 is 0.611 bits per heavy atom. The molecule has 0 fully saturated rings. The van der Waals surface area contributed by atoms with Gasteiger partial charge in [0.15, 0.2) is 0 Å². The zero-order chi connectivity index (χ0) is 25.7. The van der Waals surface area contributed by atoms with E-state index in [4.69, 9.17) is 0 Å². The standard InChI is InChI=1S/C28H20I4O4/c29-21-5-13-1-14-6-22(30)8-16(26(14)34)3-18-10-24(32)12-20(28(18)36)4-19-11-23(31)9-17(27(19)35)2-15(7-21)25(13)33/h5-12,33-36H,1-4H2. The Balaban J connectivity index is 1.78. The Hall–Kier alpha value is -1.00. The third kappa shape index (κ3) is 5.41. The van der Waals surface area contributed by atoms with E-state index in [1.165, 1.54) is 0 Å². The van der Waals surface area contributed by atoms with Crippen molar-refractivity contribution in [3.8, 4) is 23.0 Å². The first kappa shape index (κ1) is 26.6. The first-order valence-electron chi connectivity index (χ1n) is 11.1. The number of hydrogen-bond donors (Lipinski definition) is 4. The summed E-state index contributed by atoms with van der Waals surface area (Å²) in [7, 11) is 0. The minimum Gasteiger partial charge on any atom is -0.507 e. The molecule has 4 aromatic carbocycles. The first-order chi connectivity index (χ1) is 17.1. The first-order valence-corrected chi connectivity index (χ1v) is 15.4. The lowest BCUT2D eigenvalue weighted by atomic mass is 9.91. The lowest BCUT2D eigenvalue weighted by Gasteiger charge is -2.18. The number of rotatable bonds is 0. The highest BCUT2D eigenvalue weighted by Crippen LogP contribution is 2.39. The lowest BCUT2D eigenvalue weighted by molar-refractivity contribution is 0.450. The summed E-state index contributed by atoms with van der Waals surface area (Å²) in [5, 5.41) is 44.9. The van der Waals surface area contributed by atoms with Gasteiger partial charge in [0.1, 0.15) is 23.0 Å². The van der Waals surface area contributed by atoms with Gasteiger partial charge in [-0.05, 0) is 183 Å². The van der Waals surface area contributed by atoms with Crippen LogP contribution in [0.15, 0.2) is 48.5 Å². The fraction of sp³-hybridized carbons (Fsp3) is 0.143. The number of halogens is 4. The number of phenols is 4. The summed E-state index contributed by atoms with van der Waals surface area (Å²) >= 11 is 8.97. The molecule has 0 spiro atoms. The molecule has 1 aliphatic carbocycles. The molecule has 0 unspecified atom stereocenters. The minimum absolute atomic E-state index is 0.180. The maximum atomic E-state index is 11.2. The van der Waals surface area contributed by atoms with Gasteiger partial charge in [0, 0.05) is 40.0 Å². The van der Waals surface area contributed by atoms with Gasteiger partial charge in [-0.15, -0.1) is 0 Å². The summed E-state index contributed by atoms with van der Waals surface area (Å²) in [5.74, 6) is 0.721. The van der Waals surface area contributed by atoms with Crippen molar-refractivity contribution < 1.29 is 20.4 Å². The van der Waals surface area contributed by atoms with Crippen molar-refractivity contribution in [2.75, 3.05) is 0 Å². The largest absolute Gasteiger partial charge is 0.507 e. The Bertz CT molecular complexity index is 1210. The Morgan fingerprint density at radius 2 is 0.472 bits per heavy atom. The molecular weight excluding hydrogens is 908 g/mol. The quantitative estimate of drug-likeness (QED) is 0.121. The highest BCUT2D eigenvalue weighted by atomic mass is 127. The van der Waals surface area contributed by atoms with Crippen LogP contribution in [0.25, 0.3) is 0 Å². The molecule has 4 nitrogen and oxygen atoms in total. The van der Waals surface area contributed by atoms with Crippen molar-refractivity contribution in [3.63, 3.8) is 0 Å². The van der Waals surface area contributed by atoms with Crippen LogP contribution in [0.5, 0.6) is 23.0 Å². The van der Waals surface area contributed by atoms with Gasteiger partial charge in [-0.3, -0.25) is 0 Å². The van der Waals surface area contributed by atoms with E-state index < -0.39 is 0 Å². The molecule has 8 heteroatoms. The number of phenolic OH excluding ortho intramolecular Hbond substituents is 4. The Kier molecular flexibility index (Phi) is 7.86. The second-order valence-electron chi connectivity index (χ2n) is 9.00. The van der Waals surface area contributed by atoms with Gasteiger partial charge in [-0.2, -0.15) is 0 Å². The van der Waals surface area contributed by atoms with Crippen LogP contribution >= 0.6 is 90.4 Å². The van der Waals surface area contributed by atoms with Gasteiger partial charge in [-0.25, -0.2) is 0 Å². The number of hydrogen-bond acceptors (Lipinski definition) is 4. The molecule has 0 aromatic heterocycles. The van der Waals surface area contributed by atoms with Gasteiger partial charge in [0.2, 0.25) is 0 Å². The monoisotopic (exact) mass is 928 g/mol. The van der Waals surface area contributed by atoms with E-state index in [1.54, 1.807) is 0 Å². The molecule has 0 aliphatic heterocycles. The summed E-state index contributed by atoms with van der Waals surface area (Å²) in [5.41, 5.74) is 5.76. The topological polar surface area (TPSA) is 80.9 Å². The predicted octanol–water partition coefficient (Wildman–Crippen LogP) is 7.60.